The number of carbonyl (C=O) groups is 1. The maximum Gasteiger partial charge on any atom is 0.303 e. The first-order valence-electron chi connectivity index (χ1n) is 9.41. The Kier molecular flexibility index (Phi) is 7.64. The van der Waals surface area contributed by atoms with Crippen molar-refractivity contribution in [1.82, 2.24) is 9.62 Å². The Morgan fingerprint density at radius 3 is 2.24 bits per heavy atom. The van der Waals surface area contributed by atoms with Gasteiger partial charge in [-0.1, -0.05) is 32.0 Å². The Balaban J connectivity index is 1.90. The standard InChI is InChI=1S/C21H29N3O4S/c1-16(2)19-8-6-7-9-20(19)28-15-14-22-21(25)17-10-12-18(13-11-17)24(5)29(26,27)23(3)4/h6-13,16H,14-15H2,1-5H3,(H,22,25). The van der Waals surface area contributed by atoms with E-state index >= 15 is 0 Å². The molecule has 0 atom stereocenters. The first-order chi connectivity index (χ1) is 13.6. The second-order valence-corrected chi connectivity index (χ2v) is 9.28. The number of amides is 1. The topological polar surface area (TPSA) is 79.0 Å². The molecular weight excluding hydrogens is 390 g/mol. The van der Waals surface area contributed by atoms with Crippen molar-refractivity contribution in [1.29, 1.82) is 0 Å². The second kappa shape index (κ2) is 9.76. The minimum atomic E-state index is -3.57. The van der Waals surface area contributed by atoms with Gasteiger partial charge in [0.15, 0.2) is 0 Å². The van der Waals surface area contributed by atoms with Gasteiger partial charge in [0, 0.05) is 26.7 Å². The molecule has 0 aliphatic rings. The predicted molar refractivity (Wildman–Crippen MR) is 116 cm³/mol. The van der Waals surface area contributed by atoms with Gasteiger partial charge in [0.05, 0.1) is 12.2 Å². The molecule has 7 nitrogen and oxygen atoms in total. The van der Waals surface area contributed by atoms with E-state index in [1.165, 1.54) is 21.1 Å². The zero-order valence-electron chi connectivity index (χ0n) is 17.5. The van der Waals surface area contributed by atoms with Gasteiger partial charge in [0.2, 0.25) is 0 Å². The van der Waals surface area contributed by atoms with Crippen LogP contribution in [-0.2, 0) is 10.2 Å². The minimum Gasteiger partial charge on any atom is -0.491 e. The van der Waals surface area contributed by atoms with E-state index in [4.69, 9.17) is 4.74 Å². The molecular formula is C21H29N3O4S. The summed E-state index contributed by atoms with van der Waals surface area (Å²) in [5.41, 5.74) is 2.06. The molecule has 2 aromatic rings. The molecule has 0 heterocycles. The van der Waals surface area contributed by atoms with Gasteiger partial charge in [-0.2, -0.15) is 12.7 Å². The van der Waals surface area contributed by atoms with Crippen LogP contribution in [0.2, 0.25) is 0 Å². The van der Waals surface area contributed by atoms with Crippen LogP contribution >= 0.6 is 0 Å². The highest BCUT2D eigenvalue weighted by Gasteiger charge is 2.21. The highest BCUT2D eigenvalue weighted by Crippen LogP contribution is 2.25. The van der Waals surface area contributed by atoms with Gasteiger partial charge in [-0.15, -0.1) is 0 Å². The molecule has 0 saturated heterocycles. The first-order valence-corrected chi connectivity index (χ1v) is 10.8. The van der Waals surface area contributed by atoms with E-state index in [9.17, 15) is 13.2 Å². The SMILES string of the molecule is CC(C)c1ccccc1OCCNC(=O)c1ccc(N(C)S(=O)(=O)N(C)C)cc1. The van der Waals surface area contributed by atoms with Crippen molar-refractivity contribution in [2.75, 3.05) is 38.6 Å². The Morgan fingerprint density at radius 2 is 1.66 bits per heavy atom. The Bertz CT molecular complexity index is 925. The van der Waals surface area contributed by atoms with Gasteiger partial charge in [-0.05, 0) is 41.8 Å². The number of anilines is 1. The van der Waals surface area contributed by atoms with Crippen LogP contribution in [0.5, 0.6) is 5.75 Å². The van der Waals surface area contributed by atoms with Crippen LogP contribution in [0.15, 0.2) is 48.5 Å². The Morgan fingerprint density at radius 1 is 1.03 bits per heavy atom. The molecule has 2 aromatic carbocycles. The molecule has 29 heavy (non-hydrogen) atoms. The second-order valence-electron chi connectivity index (χ2n) is 7.10. The van der Waals surface area contributed by atoms with Crippen molar-refractivity contribution in [3.8, 4) is 5.75 Å². The normalized spacial score (nSPS) is 11.6. The third-order valence-corrected chi connectivity index (χ3v) is 6.31. The lowest BCUT2D eigenvalue weighted by atomic mass is 10.0. The van der Waals surface area contributed by atoms with E-state index < -0.39 is 10.2 Å². The van der Waals surface area contributed by atoms with Crippen LogP contribution in [0.25, 0.3) is 0 Å². The van der Waals surface area contributed by atoms with Gasteiger partial charge in [0.25, 0.3) is 5.91 Å². The summed E-state index contributed by atoms with van der Waals surface area (Å²) < 4.78 is 32.4. The summed E-state index contributed by atoms with van der Waals surface area (Å²) in [4.78, 5) is 12.3. The number of para-hydroxylation sites is 1. The van der Waals surface area contributed by atoms with E-state index in [1.54, 1.807) is 24.3 Å². The summed E-state index contributed by atoms with van der Waals surface area (Å²) in [6.07, 6.45) is 0. The van der Waals surface area contributed by atoms with Gasteiger partial charge in [-0.25, -0.2) is 0 Å². The quantitative estimate of drug-likeness (QED) is 0.634. The fraction of sp³-hybridized carbons (Fsp3) is 0.381. The van der Waals surface area contributed by atoms with Crippen molar-refractivity contribution in [2.24, 2.45) is 0 Å². The van der Waals surface area contributed by atoms with Crippen LogP contribution in [0, 0.1) is 0 Å². The number of benzene rings is 2. The number of nitrogens with one attached hydrogen (secondary N) is 1. The van der Waals surface area contributed by atoms with Gasteiger partial charge >= 0.3 is 10.2 Å². The maximum atomic E-state index is 12.3. The first kappa shape index (κ1) is 22.7. The zero-order chi connectivity index (χ0) is 21.6. The molecule has 0 aliphatic heterocycles. The largest absolute Gasteiger partial charge is 0.491 e. The highest BCUT2D eigenvalue weighted by atomic mass is 32.2. The predicted octanol–water partition coefficient (Wildman–Crippen LogP) is 2.86. The molecule has 0 bridgehead atoms. The lowest BCUT2D eigenvalue weighted by Crippen LogP contribution is -2.37. The van der Waals surface area contributed by atoms with E-state index in [1.807, 2.05) is 24.3 Å². The van der Waals surface area contributed by atoms with Crippen molar-refractivity contribution in [3.05, 3.63) is 59.7 Å². The highest BCUT2D eigenvalue weighted by molar-refractivity contribution is 7.90. The van der Waals surface area contributed by atoms with E-state index in [0.717, 1.165) is 19.9 Å². The van der Waals surface area contributed by atoms with Crippen LogP contribution in [0.4, 0.5) is 5.69 Å². The average Bonchev–Trinajstić information content (AvgIpc) is 2.70. The van der Waals surface area contributed by atoms with Crippen LogP contribution < -0.4 is 14.4 Å². The number of carbonyl (C=O) groups excluding carboxylic acids is 1. The Labute approximate surface area is 173 Å². The zero-order valence-corrected chi connectivity index (χ0v) is 18.4. The van der Waals surface area contributed by atoms with Crippen molar-refractivity contribution in [2.45, 2.75) is 19.8 Å². The molecule has 0 aliphatic carbocycles. The molecule has 0 radical (unpaired) electrons. The summed E-state index contributed by atoms with van der Waals surface area (Å²) in [7, 11) is 0.837. The number of hydrogen-bond donors (Lipinski definition) is 1. The summed E-state index contributed by atoms with van der Waals surface area (Å²) in [5.74, 6) is 0.940. The van der Waals surface area contributed by atoms with Crippen LogP contribution in [-0.4, -0.2) is 52.9 Å². The van der Waals surface area contributed by atoms with Gasteiger partial charge in [-0.3, -0.25) is 9.10 Å². The molecule has 1 amide bonds. The fourth-order valence-corrected chi connectivity index (χ4v) is 3.60. The molecule has 158 valence electrons. The molecule has 2 rings (SSSR count). The number of ether oxygens (including phenoxy) is 1. The molecule has 0 saturated carbocycles. The maximum absolute atomic E-state index is 12.3. The smallest absolute Gasteiger partial charge is 0.303 e. The Hall–Kier alpha value is -2.58. The van der Waals surface area contributed by atoms with Gasteiger partial charge in [0.1, 0.15) is 12.4 Å². The van der Waals surface area contributed by atoms with Crippen molar-refractivity contribution >= 4 is 21.8 Å². The molecule has 0 fully saturated rings. The molecule has 0 aromatic heterocycles. The lowest BCUT2D eigenvalue weighted by Gasteiger charge is -2.23. The minimum absolute atomic E-state index is 0.240. The number of nitrogens with zero attached hydrogens (tertiary/aromatic N) is 2. The van der Waals surface area contributed by atoms with E-state index in [0.29, 0.717) is 30.3 Å². The van der Waals surface area contributed by atoms with Crippen molar-refractivity contribution in [3.63, 3.8) is 0 Å². The van der Waals surface area contributed by atoms with Crippen LogP contribution in [0.1, 0.15) is 35.7 Å². The molecule has 0 unspecified atom stereocenters. The van der Waals surface area contributed by atoms with E-state index in [-0.39, 0.29) is 5.91 Å². The summed E-state index contributed by atoms with van der Waals surface area (Å²) in [6, 6.07) is 14.3. The van der Waals surface area contributed by atoms with E-state index in [2.05, 4.69) is 19.2 Å². The fourth-order valence-electron chi connectivity index (χ4n) is 2.72. The summed E-state index contributed by atoms with van der Waals surface area (Å²) >= 11 is 0. The number of hydrogen-bond acceptors (Lipinski definition) is 4. The molecule has 8 heteroatoms. The third kappa shape index (κ3) is 5.71. The average molecular weight is 420 g/mol. The summed E-state index contributed by atoms with van der Waals surface area (Å²) in [6.45, 7) is 4.93. The molecule has 1 N–H and O–H groups in total. The monoisotopic (exact) mass is 419 g/mol. The lowest BCUT2D eigenvalue weighted by molar-refractivity contribution is 0.0947. The molecule has 0 spiro atoms. The third-order valence-electron chi connectivity index (χ3n) is 4.49. The van der Waals surface area contributed by atoms with Crippen molar-refractivity contribution < 1.29 is 17.9 Å². The summed E-state index contributed by atoms with van der Waals surface area (Å²) in [5, 5.41) is 2.81. The van der Waals surface area contributed by atoms with Gasteiger partial charge < -0.3 is 10.1 Å². The van der Waals surface area contributed by atoms with Crippen LogP contribution in [0.3, 0.4) is 0 Å². The number of rotatable bonds is 9.